The average molecular weight is 400 g/mol. The number of anilines is 1. The first-order valence-electron chi connectivity index (χ1n) is 8.83. The molecule has 1 heterocycles. The van der Waals surface area contributed by atoms with Gasteiger partial charge in [0, 0.05) is 62.7 Å². The molecule has 2 aromatic rings. The normalized spacial score (nSPS) is 10.3. The van der Waals surface area contributed by atoms with Crippen LogP contribution in [0.4, 0.5) is 5.69 Å². The maximum absolute atomic E-state index is 10.1. The van der Waals surface area contributed by atoms with E-state index in [-0.39, 0.29) is 11.5 Å². The van der Waals surface area contributed by atoms with Gasteiger partial charge in [0.1, 0.15) is 0 Å². The van der Waals surface area contributed by atoms with Crippen molar-refractivity contribution >= 4 is 23.9 Å². The zero-order chi connectivity index (χ0) is 22.8. The summed E-state index contributed by atoms with van der Waals surface area (Å²) in [5.41, 5.74) is 2.38. The predicted molar refractivity (Wildman–Crippen MR) is 125 cm³/mol. The Morgan fingerprint density at radius 3 is 2.10 bits per heavy atom. The Bertz CT molecular complexity index is 848. The van der Waals surface area contributed by atoms with E-state index in [0.717, 1.165) is 16.1 Å². The van der Waals surface area contributed by atoms with Crippen molar-refractivity contribution in [3.63, 3.8) is 0 Å². The summed E-state index contributed by atoms with van der Waals surface area (Å²) in [6.07, 6.45) is 15.3. The summed E-state index contributed by atoms with van der Waals surface area (Å²) >= 11 is 0. The predicted octanol–water partition coefficient (Wildman–Crippen LogP) is 2.79. The van der Waals surface area contributed by atoms with E-state index in [0.29, 0.717) is 0 Å². The number of aryl methyl sites for hydroxylation is 1. The molecule has 1 aromatic carbocycles. The van der Waals surface area contributed by atoms with Crippen molar-refractivity contribution in [2.24, 2.45) is 7.05 Å². The second-order valence-electron chi connectivity index (χ2n) is 5.87. The molecule has 0 amide bonds. The Morgan fingerprint density at radius 2 is 1.72 bits per heavy atom. The third kappa shape index (κ3) is 11.9. The van der Waals surface area contributed by atoms with E-state index < -0.39 is 0 Å². The number of terminal acetylenes is 1. The zero-order valence-electron chi connectivity index (χ0n) is 18.3. The Kier molecular flexibility index (Phi) is 16.2. The zero-order valence-corrected chi connectivity index (χ0v) is 18.3. The molecule has 1 aromatic heterocycles. The van der Waals surface area contributed by atoms with Gasteiger partial charge in [-0.25, -0.2) is 0 Å². The van der Waals surface area contributed by atoms with Crippen LogP contribution in [0.25, 0.3) is 18.2 Å². The second-order valence-corrected chi connectivity index (χ2v) is 5.87. The molecule has 0 radical (unpaired) electrons. The van der Waals surface area contributed by atoms with Crippen LogP contribution in [0.3, 0.4) is 0 Å². The molecule has 0 unspecified atom stereocenters. The quantitative estimate of drug-likeness (QED) is 0.451. The number of nitro groups is 1. The summed E-state index contributed by atoms with van der Waals surface area (Å²) in [6, 6.07) is 10.2. The summed E-state index contributed by atoms with van der Waals surface area (Å²) < 4.78 is 6.19. The Hall–Kier alpha value is -3.30. The lowest BCUT2D eigenvalue weighted by Gasteiger charge is -2.11. The Balaban J connectivity index is 0. The number of hydrogen-bond donors (Lipinski definition) is 0. The lowest BCUT2D eigenvalue weighted by atomic mass is 10.2. The molecule has 0 aliphatic heterocycles. The third-order valence-corrected chi connectivity index (χ3v) is 3.53. The largest absolute Gasteiger partial charge is 0.388 e. The smallest absolute Gasteiger partial charge is 0.223 e. The number of hydrogen-bond acceptors (Lipinski definition) is 4. The monoisotopic (exact) mass is 399 g/mol. The van der Waals surface area contributed by atoms with Crippen LogP contribution in [0.2, 0.25) is 0 Å². The highest BCUT2D eigenvalue weighted by Crippen LogP contribution is 2.12. The Labute approximate surface area is 174 Å². The van der Waals surface area contributed by atoms with Crippen LogP contribution in [-0.2, 0) is 11.8 Å². The van der Waals surface area contributed by atoms with Gasteiger partial charge in [-0.2, -0.15) is 0 Å². The fourth-order valence-electron chi connectivity index (χ4n) is 2.19. The number of nitrogens with zero attached hydrogens (tertiary/aromatic N) is 3. The van der Waals surface area contributed by atoms with Gasteiger partial charge in [-0.1, -0.05) is 30.9 Å². The molecule has 0 saturated heterocycles. The number of rotatable bonds is 4. The number of benzene rings is 1. The molecule has 0 aliphatic rings. The van der Waals surface area contributed by atoms with E-state index in [1.165, 1.54) is 5.69 Å². The minimum Gasteiger partial charge on any atom is -0.388 e. The minimum absolute atomic E-state index is 0.120. The average Bonchev–Trinajstić information content (AvgIpc) is 3.08. The number of ether oxygens (including phenoxy) is 1. The first-order valence-corrected chi connectivity index (χ1v) is 8.83. The van der Waals surface area contributed by atoms with Crippen LogP contribution in [0, 0.1) is 23.0 Å². The van der Waals surface area contributed by atoms with Crippen molar-refractivity contribution in [1.82, 2.24) is 4.57 Å². The maximum Gasteiger partial charge on any atom is 0.223 e. The van der Waals surface area contributed by atoms with Crippen molar-refractivity contribution < 1.29 is 9.66 Å². The highest BCUT2D eigenvalue weighted by molar-refractivity contribution is 5.54. The molecule has 2 rings (SSSR count). The van der Waals surface area contributed by atoms with Gasteiger partial charge in [0.2, 0.25) is 6.54 Å². The third-order valence-electron chi connectivity index (χ3n) is 3.53. The Morgan fingerprint density at radius 1 is 1.21 bits per heavy atom. The highest BCUT2D eigenvalue weighted by Gasteiger charge is 1.93. The van der Waals surface area contributed by atoms with Gasteiger partial charge < -0.3 is 14.2 Å². The van der Waals surface area contributed by atoms with Gasteiger partial charge in [0.05, 0.1) is 0 Å². The lowest BCUT2D eigenvalue weighted by Crippen LogP contribution is -2.27. The van der Waals surface area contributed by atoms with E-state index in [2.05, 4.69) is 53.3 Å². The maximum atomic E-state index is 10.1. The molecular formula is C23H33N3O3. The second kappa shape index (κ2) is 16.8. The standard InChI is InChI=1S/C10H13N.C9H12N2O2.C2H6O.C2H2/c1-4-9-5-7-10(8-6-9)11(2)3;1-3-9-8(4-6-10(9)2)5-7-11(12)13;1-3-2;1-2/h4-8H,1H2,2-3H3;3-6H,7H2,1-2H3;1-2H3;1-2H/b;8-5-,9-3+;;. The molecule has 0 saturated carbocycles. The van der Waals surface area contributed by atoms with Gasteiger partial charge in [0.25, 0.3) is 0 Å². The van der Waals surface area contributed by atoms with E-state index in [1.807, 2.05) is 57.0 Å². The topological polar surface area (TPSA) is 60.5 Å². The van der Waals surface area contributed by atoms with Gasteiger partial charge >= 0.3 is 0 Å². The molecule has 0 fully saturated rings. The summed E-state index contributed by atoms with van der Waals surface area (Å²) in [4.78, 5) is 11.9. The van der Waals surface area contributed by atoms with Crippen molar-refractivity contribution in [1.29, 1.82) is 0 Å². The van der Waals surface area contributed by atoms with Crippen molar-refractivity contribution in [2.75, 3.05) is 39.8 Å². The molecule has 6 heteroatoms. The van der Waals surface area contributed by atoms with Crippen LogP contribution >= 0.6 is 0 Å². The van der Waals surface area contributed by atoms with Gasteiger partial charge in [-0.15, -0.1) is 12.8 Å². The van der Waals surface area contributed by atoms with E-state index in [9.17, 15) is 10.1 Å². The van der Waals surface area contributed by atoms with Gasteiger partial charge in [-0.3, -0.25) is 10.1 Å². The first-order chi connectivity index (χ1) is 13.8. The molecule has 0 spiro atoms. The summed E-state index contributed by atoms with van der Waals surface area (Å²) in [7, 11) is 9.23. The summed E-state index contributed by atoms with van der Waals surface area (Å²) in [5, 5.41) is 12.1. The molecule has 0 atom stereocenters. The van der Waals surface area contributed by atoms with Crippen LogP contribution in [0.5, 0.6) is 0 Å². The molecular weight excluding hydrogens is 366 g/mol. The van der Waals surface area contributed by atoms with E-state index in [1.54, 1.807) is 20.3 Å². The molecule has 0 aliphatic carbocycles. The van der Waals surface area contributed by atoms with Crippen molar-refractivity contribution in [3.05, 3.63) is 69.4 Å². The SMILES string of the molecule is C#C.C/C=c1\c(=C/C[N+](=O)[O-])ccn1C.C=Cc1ccc(N(C)C)cc1.COC. The lowest BCUT2D eigenvalue weighted by molar-refractivity contribution is -0.464. The van der Waals surface area contributed by atoms with E-state index >= 15 is 0 Å². The van der Waals surface area contributed by atoms with E-state index in [4.69, 9.17) is 0 Å². The summed E-state index contributed by atoms with van der Waals surface area (Å²) in [6.45, 7) is 5.49. The molecule has 0 N–H and O–H groups in total. The molecule has 158 valence electrons. The van der Waals surface area contributed by atoms with Crippen LogP contribution < -0.4 is 15.5 Å². The van der Waals surface area contributed by atoms with Crippen molar-refractivity contribution in [3.8, 4) is 12.8 Å². The fraction of sp³-hybridized carbons (Fsp3) is 0.304. The van der Waals surface area contributed by atoms with Crippen LogP contribution in [0.1, 0.15) is 12.5 Å². The molecule has 6 nitrogen and oxygen atoms in total. The van der Waals surface area contributed by atoms with Crippen molar-refractivity contribution in [2.45, 2.75) is 6.92 Å². The van der Waals surface area contributed by atoms with Gasteiger partial charge in [0.15, 0.2) is 0 Å². The molecule has 29 heavy (non-hydrogen) atoms. The number of methoxy groups -OCH3 is 1. The van der Waals surface area contributed by atoms with Gasteiger partial charge in [-0.05, 0) is 36.8 Å². The van der Waals surface area contributed by atoms with Crippen LogP contribution in [-0.4, -0.2) is 44.4 Å². The first kappa shape index (κ1) is 27.9. The molecule has 0 bridgehead atoms. The fourth-order valence-corrected chi connectivity index (χ4v) is 2.19. The van der Waals surface area contributed by atoms with Crippen LogP contribution in [0.15, 0.2) is 43.1 Å². The minimum atomic E-state index is -0.341. The highest BCUT2D eigenvalue weighted by atomic mass is 16.6. The summed E-state index contributed by atoms with van der Waals surface area (Å²) in [5.74, 6) is 0. The number of aromatic nitrogens is 1.